The summed E-state index contributed by atoms with van der Waals surface area (Å²) in [5, 5.41) is 0.362. The van der Waals surface area contributed by atoms with Gasteiger partial charge in [-0.2, -0.15) is 0 Å². The second kappa shape index (κ2) is 9.80. The van der Waals surface area contributed by atoms with Crippen molar-refractivity contribution in [1.29, 1.82) is 0 Å². The van der Waals surface area contributed by atoms with Crippen molar-refractivity contribution in [3.8, 4) is 11.5 Å². The Morgan fingerprint density at radius 1 is 1.26 bits per heavy atom. The smallest absolute Gasteiger partial charge is 0.488 e. The highest BCUT2D eigenvalue weighted by Crippen LogP contribution is 2.36. The summed E-state index contributed by atoms with van der Waals surface area (Å²) >= 11 is 7.56. The zero-order valence-corrected chi connectivity index (χ0v) is 16.6. The van der Waals surface area contributed by atoms with Crippen LogP contribution < -0.4 is 9.47 Å². The zero-order valence-electron chi connectivity index (χ0n) is 15.1. The third kappa shape index (κ3) is 5.26. The SMILES string of the molecule is CCc1cc(C(F)F)c(OCc2c(OC(=O)OC)cccc2SC)cc1Cl. The molecule has 2 rings (SSSR count). The molecule has 0 unspecified atom stereocenters. The number of hydrogen-bond donors (Lipinski definition) is 0. The number of methoxy groups -OCH3 is 1. The fourth-order valence-electron chi connectivity index (χ4n) is 2.44. The van der Waals surface area contributed by atoms with Gasteiger partial charge in [0.15, 0.2) is 0 Å². The zero-order chi connectivity index (χ0) is 20.0. The predicted octanol–water partition coefficient (Wildman–Crippen LogP) is 6.29. The maximum absolute atomic E-state index is 13.4. The van der Waals surface area contributed by atoms with Crippen LogP contribution >= 0.6 is 23.4 Å². The van der Waals surface area contributed by atoms with Gasteiger partial charge < -0.3 is 14.2 Å². The molecule has 2 aromatic carbocycles. The van der Waals surface area contributed by atoms with Crippen LogP contribution in [0.3, 0.4) is 0 Å². The maximum atomic E-state index is 13.4. The van der Waals surface area contributed by atoms with Crippen LogP contribution in [0.2, 0.25) is 5.02 Å². The largest absolute Gasteiger partial charge is 0.513 e. The molecule has 0 aliphatic heterocycles. The van der Waals surface area contributed by atoms with Gasteiger partial charge in [-0.05, 0) is 42.5 Å². The van der Waals surface area contributed by atoms with Gasteiger partial charge in [0.05, 0.1) is 12.7 Å². The van der Waals surface area contributed by atoms with Crippen molar-refractivity contribution in [1.82, 2.24) is 0 Å². The minimum atomic E-state index is -2.70. The van der Waals surface area contributed by atoms with E-state index in [2.05, 4.69) is 4.74 Å². The lowest BCUT2D eigenvalue weighted by Crippen LogP contribution is -2.10. The van der Waals surface area contributed by atoms with E-state index in [1.165, 1.54) is 31.0 Å². The Balaban J connectivity index is 2.36. The molecule has 0 spiro atoms. The highest BCUT2D eigenvalue weighted by molar-refractivity contribution is 7.98. The van der Waals surface area contributed by atoms with Crippen molar-refractivity contribution in [2.24, 2.45) is 0 Å². The fraction of sp³-hybridized carbons (Fsp3) is 0.316. The summed E-state index contributed by atoms with van der Waals surface area (Å²) in [6.45, 7) is 1.76. The molecule has 0 atom stereocenters. The number of carbonyl (C=O) groups is 1. The molecule has 0 N–H and O–H groups in total. The Morgan fingerprint density at radius 3 is 2.59 bits per heavy atom. The molecule has 0 heterocycles. The van der Waals surface area contributed by atoms with Crippen molar-refractivity contribution in [2.45, 2.75) is 31.3 Å². The summed E-state index contributed by atoms with van der Waals surface area (Å²) in [5.74, 6) is 0.232. The second-order valence-corrected chi connectivity index (χ2v) is 6.67. The van der Waals surface area contributed by atoms with Crippen LogP contribution in [0.4, 0.5) is 13.6 Å². The van der Waals surface area contributed by atoms with E-state index in [1.54, 1.807) is 12.1 Å². The first kappa shape index (κ1) is 21.3. The molecule has 0 aliphatic carbocycles. The van der Waals surface area contributed by atoms with Crippen LogP contribution in [-0.4, -0.2) is 19.5 Å². The average Bonchev–Trinajstić information content (AvgIpc) is 2.66. The number of alkyl halides is 2. The summed E-state index contributed by atoms with van der Waals surface area (Å²) < 4.78 is 42.2. The Labute approximate surface area is 165 Å². The van der Waals surface area contributed by atoms with E-state index in [4.69, 9.17) is 21.1 Å². The summed E-state index contributed by atoms with van der Waals surface area (Å²) in [6.07, 6.45) is -1.20. The van der Waals surface area contributed by atoms with Gasteiger partial charge in [0.2, 0.25) is 0 Å². The first-order valence-corrected chi connectivity index (χ1v) is 9.66. The van der Waals surface area contributed by atoms with Gasteiger partial charge in [-0.3, -0.25) is 0 Å². The molecular formula is C19H19ClF2O4S. The van der Waals surface area contributed by atoms with Crippen molar-refractivity contribution in [2.75, 3.05) is 13.4 Å². The lowest BCUT2D eigenvalue weighted by atomic mass is 10.1. The second-order valence-electron chi connectivity index (χ2n) is 5.42. The van der Waals surface area contributed by atoms with Gasteiger partial charge in [0.25, 0.3) is 6.43 Å². The topological polar surface area (TPSA) is 44.8 Å². The molecule has 0 saturated heterocycles. The molecule has 0 radical (unpaired) electrons. The minimum absolute atomic E-state index is 0.00729. The van der Waals surface area contributed by atoms with Crippen LogP contribution in [0.1, 0.15) is 30.0 Å². The third-order valence-electron chi connectivity index (χ3n) is 3.84. The average molecular weight is 417 g/mol. The molecular weight excluding hydrogens is 398 g/mol. The van der Waals surface area contributed by atoms with Crippen LogP contribution in [0.5, 0.6) is 11.5 Å². The van der Waals surface area contributed by atoms with Gasteiger partial charge >= 0.3 is 6.16 Å². The minimum Gasteiger partial charge on any atom is -0.488 e. The van der Waals surface area contributed by atoms with Gasteiger partial charge in [-0.15, -0.1) is 11.8 Å². The quantitative estimate of drug-likeness (QED) is 0.301. The van der Waals surface area contributed by atoms with Gasteiger partial charge in [-0.1, -0.05) is 24.6 Å². The molecule has 0 amide bonds. The molecule has 0 aromatic heterocycles. The molecule has 8 heteroatoms. The van der Waals surface area contributed by atoms with Crippen LogP contribution in [0.15, 0.2) is 35.2 Å². The van der Waals surface area contributed by atoms with Crippen molar-refractivity contribution >= 4 is 29.5 Å². The van der Waals surface area contributed by atoms with E-state index >= 15 is 0 Å². The molecule has 4 nitrogen and oxygen atoms in total. The normalized spacial score (nSPS) is 10.8. The number of aryl methyl sites for hydroxylation is 1. The van der Waals surface area contributed by atoms with E-state index in [9.17, 15) is 13.6 Å². The molecule has 0 fully saturated rings. The van der Waals surface area contributed by atoms with Crippen molar-refractivity contribution < 1.29 is 27.8 Å². The van der Waals surface area contributed by atoms with E-state index in [0.29, 0.717) is 22.6 Å². The number of benzene rings is 2. The van der Waals surface area contributed by atoms with Crippen molar-refractivity contribution in [3.63, 3.8) is 0 Å². The molecule has 0 aliphatic rings. The number of halogens is 3. The van der Waals surface area contributed by atoms with E-state index < -0.39 is 12.6 Å². The number of carbonyl (C=O) groups excluding carboxylic acids is 1. The predicted molar refractivity (Wildman–Crippen MR) is 101 cm³/mol. The van der Waals surface area contributed by atoms with E-state index in [-0.39, 0.29) is 23.7 Å². The summed E-state index contributed by atoms with van der Waals surface area (Å²) in [5.41, 5.74) is 0.943. The Kier molecular flexibility index (Phi) is 7.74. The Morgan fingerprint density at radius 2 is 2.00 bits per heavy atom. The number of ether oxygens (including phenoxy) is 3. The highest BCUT2D eigenvalue weighted by atomic mass is 35.5. The number of hydrogen-bond acceptors (Lipinski definition) is 5. The molecule has 0 saturated carbocycles. The van der Waals surface area contributed by atoms with Crippen LogP contribution in [-0.2, 0) is 17.8 Å². The fourth-order valence-corrected chi connectivity index (χ4v) is 3.35. The Hall–Kier alpha value is -1.99. The maximum Gasteiger partial charge on any atom is 0.513 e. The summed E-state index contributed by atoms with van der Waals surface area (Å²) in [6, 6.07) is 7.86. The third-order valence-corrected chi connectivity index (χ3v) is 5.01. The molecule has 27 heavy (non-hydrogen) atoms. The standard InChI is InChI=1S/C19H19ClF2O4S/c1-4-11-8-12(18(21)22)16(9-14(11)20)25-10-13-15(26-19(23)24-2)6-5-7-17(13)27-3/h5-9,18H,4,10H2,1-3H3. The first-order valence-electron chi connectivity index (χ1n) is 8.06. The van der Waals surface area contributed by atoms with Gasteiger partial charge in [0, 0.05) is 15.5 Å². The van der Waals surface area contributed by atoms with Gasteiger partial charge in [0.1, 0.15) is 18.1 Å². The number of rotatable bonds is 7. The van der Waals surface area contributed by atoms with Crippen molar-refractivity contribution in [3.05, 3.63) is 52.0 Å². The highest BCUT2D eigenvalue weighted by Gasteiger charge is 2.19. The van der Waals surface area contributed by atoms with E-state index in [1.807, 2.05) is 19.2 Å². The number of thioether (sulfide) groups is 1. The molecule has 146 valence electrons. The summed E-state index contributed by atoms with van der Waals surface area (Å²) in [4.78, 5) is 12.2. The van der Waals surface area contributed by atoms with Gasteiger partial charge in [-0.25, -0.2) is 13.6 Å². The van der Waals surface area contributed by atoms with E-state index in [0.717, 1.165) is 4.90 Å². The lowest BCUT2D eigenvalue weighted by molar-refractivity contribution is 0.120. The first-order chi connectivity index (χ1) is 12.9. The Bertz CT molecular complexity index is 815. The van der Waals surface area contributed by atoms with Crippen LogP contribution in [0, 0.1) is 0 Å². The lowest BCUT2D eigenvalue weighted by Gasteiger charge is -2.17. The monoisotopic (exact) mass is 416 g/mol. The van der Waals surface area contributed by atoms with Crippen LogP contribution in [0.25, 0.3) is 0 Å². The molecule has 0 bridgehead atoms. The molecule has 2 aromatic rings. The summed E-state index contributed by atoms with van der Waals surface area (Å²) in [7, 11) is 1.20.